The smallest absolute Gasteiger partial charge is 0.143 e. The van der Waals surface area contributed by atoms with Crippen LogP contribution in [0.5, 0.6) is 0 Å². The Bertz CT molecular complexity index is 2120. The molecular weight excluding hydrogens is 534 g/mol. The number of para-hydroxylation sites is 2. The summed E-state index contributed by atoms with van der Waals surface area (Å²) in [5, 5.41) is 3.00. The summed E-state index contributed by atoms with van der Waals surface area (Å²) in [6, 6.07) is 47.1. The molecule has 0 fully saturated rings. The number of fused-ring (bicyclic) bond motifs is 6. The van der Waals surface area contributed by atoms with Gasteiger partial charge in [-0.1, -0.05) is 104 Å². The first kappa shape index (κ1) is 25.0. The zero-order valence-corrected chi connectivity index (χ0v) is 24.2. The zero-order valence-electron chi connectivity index (χ0n) is 23.4. The molecular formula is C39H28ClNO. The normalized spacial score (nSPS) is 13.3. The first-order valence-electron chi connectivity index (χ1n) is 14.3. The Morgan fingerprint density at radius 2 is 1.17 bits per heavy atom. The van der Waals surface area contributed by atoms with Crippen LogP contribution < -0.4 is 4.90 Å². The van der Waals surface area contributed by atoms with Gasteiger partial charge in [-0.05, 0) is 82.4 Å². The molecule has 0 unspecified atom stereocenters. The number of furan rings is 1. The highest BCUT2D eigenvalue weighted by Crippen LogP contribution is 2.50. The van der Waals surface area contributed by atoms with Crippen LogP contribution in [-0.4, -0.2) is 0 Å². The minimum absolute atomic E-state index is 0.0806. The minimum atomic E-state index is -0.0806. The van der Waals surface area contributed by atoms with Crippen molar-refractivity contribution in [3.63, 3.8) is 0 Å². The molecule has 0 saturated heterocycles. The van der Waals surface area contributed by atoms with Gasteiger partial charge in [0, 0.05) is 43.8 Å². The fourth-order valence-corrected chi connectivity index (χ4v) is 6.76. The van der Waals surface area contributed by atoms with Gasteiger partial charge in [0.05, 0.1) is 0 Å². The molecule has 1 aromatic heterocycles. The number of hydrogen-bond acceptors (Lipinski definition) is 2. The SMILES string of the molecule is CC1(C)c2ccccc2-c2ccc(N(c3ccc(Cl)cc3)c3ccc(-c4cccc5c4oc4ccccc45)cc3)cc21. The molecule has 0 aliphatic heterocycles. The molecule has 0 bridgehead atoms. The van der Waals surface area contributed by atoms with Crippen molar-refractivity contribution in [2.45, 2.75) is 19.3 Å². The molecule has 8 rings (SSSR count). The maximum Gasteiger partial charge on any atom is 0.143 e. The molecule has 1 heterocycles. The molecule has 0 amide bonds. The number of anilines is 3. The third kappa shape index (κ3) is 3.79. The first-order chi connectivity index (χ1) is 20.5. The number of halogens is 1. The van der Waals surface area contributed by atoms with Gasteiger partial charge in [-0.25, -0.2) is 0 Å². The largest absolute Gasteiger partial charge is 0.455 e. The number of hydrogen-bond donors (Lipinski definition) is 0. The summed E-state index contributed by atoms with van der Waals surface area (Å²) in [5.74, 6) is 0. The highest BCUT2D eigenvalue weighted by Gasteiger charge is 2.35. The molecule has 3 heteroatoms. The van der Waals surface area contributed by atoms with Crippen molar-refractivity contribution < 1.29 is 4.42 Å². The van der Waals surface area contributed by atoms with Crippen molar-refractivity contribution in [3.05, 3.63) is 150 Å². The second-order valence-corrected chi connectivity index (χ2v) is 12.0. The summed E-state index contributed by atoms with van der Waals surface area (Å²) in [7, 11) is 0. The van der Waals surface area contributed by atoms with E-state index >= 15 is 0 Å². The minimum Gasteiger partial charge on any atom is -0.455 e. The van der Waals surface area contributed by atoms with E-state index in [1.54, 1.807) is 0 Å². The highest BCUT2D eigenvalue weighted by atomic mass is 35.5. The molecule has 0 spiro atoms. The predicted molar refractivity (Wildman–Crippen MR) is 176 cm³/mol. The third-order valence-electron chi connectivity index (χ3n) is 8.75. The van der Waals surface area contributed by atoms with E-state index in [9.17, 15) is 0 Å². The molecule has 6 aromatic carbocycles. The molecule has 42 heavy (non-hydrogen) atoms. The summed E-state index contributed by atoms with van der Waals surface area (Å²) in [6.07, 6.45) is 0. The lowest BCUT2D eigenvalue weighted by Crippen LogP contribution is -2.16. The molecule has 1 aliphatic carbocycles. The monoisotopic (exact) mass is 561 g/mol. The summed E-state index contributed by atoms with van der Waals surface area (Å²) in [5.41, 5.74) is 12.5. The highest BCUT2D eigenvalue weighted by molar-refractivity contribution is 6.30. The lowest BCUT2D eigenvalue weighted by molar-refractivity contribution is 0.660. The molecule has 2 nitrogen and oxygen atoms in total. The van der Waals surface area contributed by atoms with Crippen LogP contribution in [0.2, 0.25) is 5.02 Å². The molecule has 0 atom stereocenters. The van der Waals surface area contributed by atoms with Crippen LogP contribution in [0.3, 0.4) is 0 Å². The molecule has 0 N–H and O–H groups in total. The summed E-state index contributed by atoms with van der Waals surface area (Å²) >= 11 is 6.31. The van der Waals surface area contributed by atoms with Gasteiger partial charge in [-0.2, -0.15) is 0 Å². The average molecular weight is 562 g/mol. The maximum absolute atomic E-state index is 6.33. The molecule has 1 aliphatic rings. The van der Waals surface area contributed by atoms with Gasteiger partial charge in [0.15, 0.2) is 0 Å². The molecule has 7 aromatic rings. The third-order valence-corrected chi connectivity index (χ3v) is 9.00. The van der Waals surface area contributed by atoms with Crippen molar-refractivity contribution in [2.75, 3.05) is 4.90 Å². The fraction of sp³-hybridized carbons (Fsp3) is 0.0769. The van der Waals surface area contributed by atoms with Crippen LogP contribution in [0, 0.1) is 0 Å². The Balaban J connectivity index is 1.25. The van der Waals surface area contributed by atoms with Gasteiger partial charge in [-0.3, -0.25) is 0 Å². The topological polar surface area (TPSA) is 16.4 Å². The van der Waals surface area contributed by atoms with E-state index in [1.165, 1.54) is 22.3 Å². The van der Waals surface area contributed by atoms with Gasteiger partial charge < -0.3 is 9.32 Å². The summed E-state index contributed by atoms with van der Waals surface area (Å²) < 4.78 is 6.33. The van der Waals surface area contributed by atoms with Gasteiger partial charge in [-0.15, -0.1) is 0 Å². The van der Waals surface area contributed by atoms with E-state index in [4.69, 9.17) is 16.0 Å². The number of benzene rings is 6. The standard InChI is InChI=1S/C39H28ClNO/c1-39(2)35-12-5-3-8-31(35)32-23-22-29(24-36(32)39)41(28-20-16-26(40)17-21-28)27-18-14-25(15-19-27)30-10-7-11-34-33-9-4-6-13-37(33)42-38(30)34/h3-24H,1-2H3. The van der Waals surface area contributed by atoms with E-state index in [0.29, 0.717) is 0 Å². The van der Waals surface area contributed by atoms with Crippen molar-refractivity contribution in [3.8, 4) is 22.3 Å². The second-order valence-electron chi connectivity index (χ2n) is 11.5. The molecule has 0 saturated carbocycles. The van der Waals surface area contributed by atoms with E-state index in [0.717, 1.165) is 55.2 Å². The lowest BCUT2D eigenvalue weighted by atomic mass is 9.82. The number of nitrogens with zero attached hydrogens (tertiary/aromatic N) is 1. The number of rotatable bonds is 4. The predicted octanol–water partition coefficient (Wildman–Crippen LogP) is 11.7. The van der Waals surface area contributed by atoms with E-state index < -0.39 is 0 Å². The van der Waals surface area contributed by atoms with Crippen molar-refractivity contribution in [1.29, 1.82) is 0 Å². The van der Waals surface area contributed by atoms with E-state index in [-0.39, 0.29) is 5.41 Å². The van der Waals surface area contributed by atoms with E-state index in [2.05, 4.69) is 128 Å². The second kappa shape index (κ2) is 9.37. The van der Waals surface area contributed by atoms with Crippen LogP contribution in [0.4, 0.5) is 17.1 Å². The van der Waals surface area contributed by atoms with Gasteiger partial charge in [0.1, 0.15) is 11.2 Å². The Kier molecular flexibility index (Phi) is 5.57. The Labute approximate surface area is 250 Å². The van der Waals surface area contributed by atoms with Crippen LogP contribution in [0.1, 0.15) is 25.0 Å². The van der Waals surface area contributed by atoms with E-state index in [1.807, 2.05) is 24.3 Å². The van der Waals surface area contributed by atoms with Crippen LogP contribution in [0.15, 0.2) is 138 Å². The van der Waals surface area contributed by atoms with Crippen LogP contribution in [0.25, 0.3) is 44.2 Å². The lowest BCUT2D eigenvalue weighted by Gasteiger charge is -2.28. The summed E-state index contributed by atoms with van der Waals surface area (Å²) in [6.45, 7) is 4.64. The first-order valence-corrected chi connectivity index (χ1v) is 14.7. The average Bonchev–Trinajstić information content (AvgIpc) is 3.51. The molecule has 202 valence electrons. The van der Waals surface area contributed by atoms with Gasteiger partial charge >= 0.3 is 0 Å². The maximum atomic E-state index is 6.33. The van der Waals surface area contributed by atoms with Crippen LogP contribution in [-0.2, 0) is 5.41 Å². The quantitative estimate of drug-likeness (QED) is 0.212. The molecule has 0 radical (unpaired) electrons. The Morgan fingerprint density at radius 1 is 0.548 bits per heavy atom. The Hall–Kier alpha value is -4.79. The summed E-state index contributed by atoms with van der Waals surface area (Å²) in [4.78, 5) is 2.31. The fourth-order valence-electron chi connectivity index (χ4n) is 6.63. The van der Waals surface area contributed by atoms with Gasteiger partial charge in [0.25, 0.3) is 0 Å². The van der Waals surface area contributed by atoms with Crippen molar-refractivity contribution in [1.82, 2.24) is 0 Å². The van der Waals surface area contributed by atoms with Gasteiger partial charge in [0.2, 0.25) is 0 Å². The van der Waals surface area contributed by atoms with Crippen molar-refractivity contribution in [2.24, 2.45) is 0 Å². The van der Waals surface area contributed by atoms with Crippen molar-refractivity contribution >= 4 is 50.6 Å². The van der Waals surface area contributed by atoms with Crippen LogP contribution >= 0.6 is 11.6 Å². The zero-order chi connectivity index (χ0) is 28.4. The Morgan fingerprint density at radius 3 is 1.98 bits per heavy atom.